The smallest absolute Gasteiger partial charge is 0.301 e. The van der Waals surface area contributed by atoms with Gasteiger partial charge in [0, 0.05) is 17.3 Å². The van der Waals surface area contributed by atoms with Gasteiger partial charge in [-0.05, 0) is 71.3 Å². The zero-order valence-corrected chi connectivity index (χ0v) is 21.6. The number of aromatic nitrogens is 5. The van der Waals surface area contributed by atoms with Gasteiger partial charge in [-0.2, -0.15) is 15.2 Å². The fourth-order valence-electron chi connectivity index (χ4n) is 4.40. The predicted molar refractivity (Wildman–Crippen MR) is 152 cm³/mol. The molecule has 1 aliphatic heterocycles. The van der Waals surface area contributed by atoms with E-state index < -0.39 is 5.91 Å². The Bertz CT molecular complexity index is 1780. The van der Waals surface area contributed by atoms with E-state index in [1.807, 2.05) is 62.4 Å². The first-order valence-electron chi connectivity index (χ1n) is 12.4. The third kappa shape index (κ3) is 4.45. The number of pyridine rings is 1. The van der Waals surface area contributed by atoms with Crippen LogP contribution in [0.4, 0.5) is 11.4 Å². The molecule has 11 nitrogen and oxygen atoms in total. The number of nitrogens with zero attached hydrogens (tertiary/aromatic N) is 7. The lowest BCUT2D eigenvalue weighted by Crippen LogP contribution is -2.29. The number of tetrazole rings is 1. The fourth-order valence-corrected chi connectivity index (χ4v) is 4.40. The zero-order chi connectivity index (χ0) is 27.6. The minimum absolute atomic E-state index is 0.0344. The van der Waals surface area contributed by atoms with Gasteiger partial charge in [0.1, 0.15) is 11.5 Å². The summed E-state index contributed by atoms with van der Waals surface area (Å²) >= 11 is 0. The molecule has 3 N–H and O–H groups in total. The van der Waals surface area contributed by atoms with Crippen molar-refractivity contribution in [1.82, 2.24) is 25.6 Å². The lowest BCUT2D eigenvalue weighted by Gasteiger charge is -2.15. The van der Waals surface area contributed by atoms with Gasteiger partial charge in [0.2, 0.25) is 0 Å². The summed E-state index contributed by atoms with van der Waals surface area (Å²) in [5.74, 6) is 0.0650. The van der Waals surface area contributed by atoms with E-state index in [0.717, 1.165) is 22.3 Å². The standard InChI is InChI=1S/C29H23N9O2/c1-17-8-5-14-24(18(17)2)38-29(40)26(25(35-38)22-12-3-4-15-30-22)32-31-23-13-7-11-21(27(23)39)19-9-6-10-20(16-19)28-33-36-37-34-28/h3-16,31,39H,1-2H3,(H,33,34,36,37)/b32-26-. The maximum absolute atomic E-state index is 13.6. The molecule has 3 aromatic carbocycles. The number of phenolic OH excluding ortho intramolecular Hbond substituents is 1. The number of phenols is 1. The fraction of sp³-hybridized carbons (Fsp3) is 0.0690. The van der Waals surface area contributed by atoms with Gasteiger partial charge in [0.25, 0.3) is 0 Å². The molecule has 3 heterocycles. The van der Waals surface area contributed by atoms with E-state index in [1.165, 1.54) is 5.01 Å². The monoisotopic (exact) mass is 529 g/mol. The van der Waals surface area contributed by atoms with E-state index in [4.69, 9.17) is 0 Å². The third-order valence-corrected chi connectivity index (χ3v) is 6.65. The van der Waals surface area contributed by atoms with Crippen molar-refractivity contribution in [3.63, 3.8) is 0 Å². The summed E-state index contributed by atoms with van der Waals surface area (Å²) in [4.78, 5) is 18.0. The summed E-state index contributed by atoms with van der Waals surface area (Å²) in [5.41, 5.74) is 8.79. The van der Waals surface area contributed by atoms with E-state index in [2.05, 4.69) is 41.2 Å². The van der Waals surface area contributed by atoms with Crippen molar-refractivity contribution in [2.75, 3.05) is 10.4 Å². The van der Waals surface area contributed by atoms with Crippen molar-refractivity contribution in [1.29, 1.82) is 0 Å². The first kappa shape index (κ1) is 24.6. The van der Waals surface area contributed by atoms with Crippen molar-refractivity contribution >= 4 is 28.7 Å². The number of amides is 1. The number of rotatable bonds is 6. The summed E-state index contributed by atoms with van der Waals surface area (Å²) in [7, 11) is 0. The van der Waals surface area contributed by atoms with Crippen LogP contribution in [0.15, 0.2) is 95.3 Å². The Labute approximate surface area is 228 Å². The Morgan fingerprint density at radius 1 is 0.950 bits per heavy atom. The highest BCUT2D eigenvalue weighted by atomic mass is 16.3. The second-order valence-corrected chi connectivity index (χ2v) is 9.10. The van der Waals surface area contributed by atoms with E-state index >= 15 is 0 Å². The van der Waals surface area contributed by atoms with E-state index in [9.17, 15) is 9.90 Å². The van der Waals surface area contributed by atoms with Gasteiger partial charge in [-0.25, -0.2) is 5.10 Å². The largest absolute Gasteiger partial charge is 0.505 e. The van der Waals surface area contributed by atoms with Crippen LogP contribution in [0.2, 0.25) is 0 Å². The van der Waals surface area contributed by atoms with Crippen LogP contribution in [-0.4, -0.2) is 48.0 Å². The molecule has 0 saturated carbocycles. The van der Waals surface area contributed by atoms with Crippen molar-refractivity contribution in [2.45, 2.75) is 13.8 Å². The molecule has 0 atom stereocenters. The molecule has 40 heavy (non-hydrogen) atoms. The van der Waals surface area contributed by atoms with Crippen LogP contribution in [0.1, 0.15) is 16.8 Å². The van der Waals surface area contributed by atoms with Gasteiger partial charge in [-0.1, -0.05) is 48.5 Å². The Morgan fingerprint density at radius 2 is 1.77 bits per heavy atom. The number of nitrogens with one attached hydrogen (secondary N) is 2. The van der Waals surface area contributed by atoms with E-state index in [0.29, 0.717) is 34.2 Å². The van der Waals surface area contributed by atoms with Gasteiger partial charge in [0.15, 0.2) is 11.5 Å². The lowest BCUT2D eigenvalue weighted by molar-refractivity contribution is -0.112. The summed E-state index contributed by atoms with van der Waals surface area (Å²) in [6, 6.07) is 23.8. The van der Waals surface area contributed by atoms with Gasteiger partial charge in [-0.3, -0.25) is 15.2 Å². The van der Waals surface area contributed by atoms with Crippen LogP contribution in [0.3, 0.4) is 0 Å². The Hall–Kier alpha value is -5.71. The van der Waals surface area contributed by atoms with Crippen molar-refractivity contribution in [3.05, 3.63) is 102 Å². The molecule has 1 amide bonds. The molecule has 0 bridgehead atoms. The van der Waals surface area contributed by atoms with Crippen LogP contribution in [-0.2, 0) is 4.79 Å². The number of anilines is 2. The van der Waals surface area contributed by atoms with E-state index in [-0.39, 0.29) is 11.5 Å². The molecule has 0 unspecified atom stereocenters. The number of carbonyl (C=O) groups is 1. The highest BCUT2D eigenvalue weighted by molar-refractivity contribution is 6.74. The maximum Gasteiger partial charge on any atom is 0.301 e. The van der Waals surface area contributed by atoms with Crippen molar-refractivity contribution < 1.29 is 9.90 Å². The van der Waals surface area contributed by atoms with Crippen molar-refractivity contribution in [2.24, 2.45) is 10.2 Å². The Kier molecular flexibility index (Phi) is 6.29. The van der Waals surface area contributed by atoms with Crippen LogP contribution in [0.25, 0.3) is 22.5 Å². The normalized spacial score (nSPS) is 14.1. The molecule has 0 saturated heterocycles. The minimum Gasteiger partial charge on any atom is -0.505 e. The molecular weight excluding hydrogens is 506 g/mol. The minimum atomic E-state index is -0.411. The quantitative estimate of drug-likeness (QED) is 0.217. The number of aryl methyl sites for hydroxylation is 1. The molecule has 196 valence electrons. The third-order valence-electron chi connectivity index (χ3n) is 6.65. The predicted octanol–water partition coefficient (Wildman–Crippen LogP) is 4.47. The number of aromatic amines is 1. The number of H-pyrrole nitrogens is 1. The van der Waals surface area contributed by atoms with Gasteiger partial charge < -0.3 is 5.11 Å². The molecule has 2 aromatic heterocycles. The highest BCUT2D eigenvalue weighted by Crippen LogP contribution is 2.37. The molecule has 0 aliphatic carbocycles. The average Bonchev–Trinajstić information content (AvgIpc) is 3.63. The SMILES string of the molecule is Cc1cccc(N2N=C(c3ccccn3)/C(=N/Nc3cccc(-c4cccc(-c5nnn[nH]5)c4)c3O)C2=O)c1C. The van der Waals surface area contributed by atoms with Crippen LogP contribution in [0.5, 0.6) is 5.75 Å². The first-order chi connectivity index (χ1) is 19.5. The summed E-state index contributed by atoms with van der Waals surface area (Å²) in [6.07, 6.45) is 1.63. The van der Waals surface area contributed by atoms with Crippen LogP contribution in [0, 0.1) is 13.8 Å². The molecule has 0 radical (unpaired) electrons. The summed E-state index contributed by atoms with van der Waals surface area (Å²) < 4.78 is 0. The molecule has 1 aliphatic rings. The second-order valence-electron chi connectivity index (χ2n) is 9.10. The highest BCUT2D eigenvalue weighted by Gasteiger charge is 2.35. The molecule has 11 heteroatoms. The Morgan fingerprint density at radius 3 is 2.58 bits per heavy atom. The second kappa shape index (κ2) is 10.2. The lowest BCUT2D eigenvalue weighted by atomic mass is 10.0. The summed E-state index contributed by atoms with van der Waals surface area (Å²) in [5, 5.41) is 35.5. The average molecular weight is 530 g/mol. The first-order valence-corrected chi connectivity index (χ1v) is 12.4. The zero-order valence-electron chi connectivity index (χ0n) is 21.6. The molecule has 5 aromatic rings. The molecule has 6 rings (SSSR count). The Balaban J connectivity index is 1.36. The number of hydrazone groups is 2. The van der Waals surface area contributed by atoms with Crippen LogP contribution < -0.4 is 10.4 Å². The van der Waals surface area contributed by atoms with Crippen molar-refractivity contribution in [3.8, 4) is 28.3 Å². The number of benzene rings is 3. The maximum atomic E-state index is 13.6. The number of para-hydroxylation sites is 1. The topological polar surface area (TPSA) is 145 Å². The summed E-state index contributed by atoms with van der Waals surface area (Å²) in [6.45, 7) is 3.92. The van der Waals surface area contributed by atoms with Gasteiger partial charge >= 0.3 is 5.91 Å². The number of hydrogen-bond acceptors (Lipinski definition) is 9. The number of aromatic hydroxyl groups is 1. The number of hydrogen-bond donors (Lipinski definition) is 3. The van der Waals surface area contributed by atoms with Gasteiger partial charge in [0.05, 0.1) is 17.1 Å². The van der Waals surface area contributed by atoms with Crippen LogP contribution >= 0.6 is 0 Å². The number of carbonyl (C=O) groups excluding carboxylic acids is 1. The molecule has 0 spiro atoms. The molecular formula is C29H23N9O2. The molecule has 0 fully saturated rings. The van der Waals surface area contributed by atoms with E-state index in [1.54, 1.807) is 36.5 Å². The van der Waals surface area contributed by atoms with Gasteiger partial charge in [-0.15, -0.1) is 5.10 Å².